The highest BCUT2D eigenvalue weighted by molar-refractivity contribution is 5.98. The van der Waals surface area contributed by atoms with E-state index in [-0.39, 0.29) is 5.56 Å². The van der Waals surface area contributed by atoms with Crippen molar-refractivity contribution < 1.29 is 23.1 Å². The molecule has 0 saturated heterocycles. The fourth-order valence-electron chi connectivity index (χ4n) is 2.76. The van der Waals surface area contributed by atoms with Gasteiger partial charge >= 0.3 is 5.97 Å². The van der Waals surface area contributed by atoms with Crippen LogP contribution in [0.15, 0.2) is 18.2 Å². The monoisotopic (exact) mass is 311 g/mol. The van der Waals surface area contributed by atoms with Gasteiger partial charge in [-0.05, 0) is 49.8 Å². The first-order valence-corrected chi connectivity index (χ1v) is 7.24. The van der Waals surface area contributed by atoms with Gasteiger partial charge in [-0.15, -0.1) is 0 Å². The molecule has 6 heteroatoms. The maximum atomic E-state index is 13.2. The highest BCUT2D eigenvalue weighted by Gasteiger charge is 2.43. The van der Waals surface area contributed by atoms with E-state index in [0.717, 1.165) is 25.0 Å². The van der Waals surface area contributed by atoms with Crippen molar-refractivity contribution in [1.82, 2.24) is 5.32 Å². The van der Waals surface area contributed by atoms with E-state index in [0.29, 0.717) is 18.8 Å². The third-order valence-electron chi connectivity index (χ3n) is 4.24. The second-order valence-electron chi connectivity index (χ2n) is 5.84. The summed E-state index contributed by atoms with van der Waals surface area (Å²) in [4.78, 5) is 24.4. The third kappa shape index (κ3) is 3.26. The lowest BCUT2D eigenvalue weighted by atomic mass is 9.77. The lowest BCUT2D eigenvalue weighted by molar-refractivity contribution is -0.150. The summed E-state index contributed by atoms with van der Waals surface area (Å²) in [7, 11) is 1.27. The van der Waals surface area contributed by atoms with Crippen LogP contribution >= 0.6 is 0 Å². The van der Waals surface area contributed by atoms with E-state index >= 15 is 0 Å². The van der Waals surface area contributed by atoms with Gasteiger partial charge in [-0.2, -0.15) is 0 Å². The van der Waals surface area contributed by atoms with Gasteiger partial charge in [0.25, 0.3) is 5.91 Å². The van der Waals surface area contributed by atoms with Crippen molar-refractivity contribution in [2.75, 3.05) is 7.11 Å². The minimum absolute atomic E-state index is 0.0270. The van der Waals surface area contributed by atoms with E-state index in [2.05, 4.69) is 12.2 Å². The molecule has 0 bridgehead atoms. The van der Waals surface area contributed by atoms with Gasteiger partial charge in [0.2, 0.25) is 0 Å². The maximum Gasteiger partial charge on any atom is 0.331 e. The van der Waals surface area contributed by atoms with Crippen LogP contribution in [0.5, 0.6) is 0 Å². The van der Waals surface area contributed by atoms with Crippen LogP contribution in [-0.4, -0.2) is 24.5 Å². The van der Waals surface area contributed by atoms with Gasteiger partial charge in [0.05, 0.1) is 7.11 Å². The largest absolute Gasteiger partial charge is 0.467 e. The smallest absolute Gasteiger partial charge is 0.331 e. The average molecular weight is 311 g/mol. The van der Waals surface area contributed by atoms with E-state index in [4.69, 9.17) is 4.74 Å². The highest BCUT2D eigenvalue weighted by Crippen LogP contribution is 2.33. The number of carbonyl (C=O) groups is 2. The summed E-state index contributed by atoms with van der Waals surface area (Å²) in [5.41, 5.74) is -1.12. The van der Waals surface area contributed by atoms with Crippen molar-refractivity contribution in [1.29, 1.82) is 0 Å². The van der Waals surface area contributed by atoms with E-state index < -0.39 is 29.0 Å². The van der Waals surface area contributed by atoms with Crippen LogP contribution in [0.3, 0.4) is 0 Å². The Morgan fingerprint density at radius 1 is 1.23 bits per heavy atom. The van der Waals surface area contributed by atoms with E-state index in [9.17, 15) is 18.4 Å². The van der Waals surface area contributed by atoms with E-state index in [1.54, 1.807) is 0 Å². The number of halogens is 2. The Labute approximate surface area is 127 Å². The van der Waals surface area contributed by atoms with Crippen molar-refractivity contribution >= 4 is 11.9 Å². The molecular formula is C16H19F2NO3. The van der Waals surface area contributed by atoms with Gasteiger partial charge in [0, 0.05) is 5.56 Å². The van der Waals surface area contributed by atoms with Crippen LogP contribution in [0.2, 0.25) is 0 Å². The lowest BCUT2D eigenvalue weighted by Gasteiger charge is -2.37. The zero-order chi connectivity index (χ0) is 16.3. The molecule has 1 N–H and O–H groups in total. The number of benzene rings is 1. The molecule has 0 radical (unpaired) electrons. The fourth-order valence-corrected chi connectivity index (χ4v) is 2.76. The molecule has 4 nitrogen and oxygen atoms in total. The average Bonchev–Trinajstić information content (AvgIpc) is 2.51. The van der Waals surface area contributed by atoms with Crippen LogP contribution in [0.25, 0.3) is 0 Å². The van der Waals surface area contributed by atoms with Crippen LogP contribution in [0, 0.1) is 17.6 Å². The van der Waals surface area contributed by atoms with Gasteiger partial charge in [-0.3, -0.25) is 4.79 Å². The summed E-state index contributed by atoms with van der Waals surface area (Å²) in [6.07, 6.45) is 2.51. The summed E-state index contributed by atoms with van der Waals surface area (Å²) >= 11 is 0. The Balaban J connectivity index is 2.21. The molecule has 0 atom stereocenters. The molecule has 1 fully saturated rings. The van der Waals surface area contributed by atoms with Gasteiger partial charge in [-0.1, -0.05) is 6.92 Å². The van der Waals surface area contributed by atoms with Gasteiger partial charge in [-0.25, -0.2) is 13.6 Å². The summed E-state index contributed by atoms with van der Waals surface area (Å²) in [5, 5.41) is 2.66. The second kappa shape index (κ2) is 6.42. The van der Waals surface area contributed by atoms with Gasteiger partial charge < -0.3 is 10.1 Å². The first-order chi connectivity index (χ1) is 10.4. The van der Waals surface area contributed by atoms with Crippen LogP contribution in [0.4, 0.5) is 8.78 Å². The molecule has 120 valence electrons. The normalized spacial score (nSPS) is 24.6. The number of hydrogen-bond donors (Lipinski definition) is 1. The number of amides is 1. The van der Waals surface area contributed by atoms with Crippen molar-refractivity contribution in [3.63, 3.8) is 0 Å². The zero-order valence-corrected chi connectivity index (χ0v) is 12.6. The minimum atomic E-state index is -1.10. The topological polar surface area (TPSA) is 55.4 Å². The molecule has 0 aliphatic heterocycles. The number of esters is 1. The number of carbonyl (C=O) groups excluding carboxylic acids is 2. The molecule has 1 aromatic carbocycles. The lowest BCUT2D eigenvalue weighted by Crippen LogP contribution is -2.56. The molecule has 1 aliphatic rings. The van der Waals surface area contributed by atoms with Gasteiger partial charge in [0.15, 0.2) is 11.6 Å². The molecule has 1 amide bonds. The third-order valence-corrected chi connectivity index (χ3v) is 4.24. The Hall–Kier alpha value is -1.98. The van der Waals surface area contributed by atoms with Crippen LogP contribution in [-0.2, 0) is 9.53 Å². The molecule has 2 rings (SSSR count). The van der Waals surface area contributed by atoms with Crippen molar-refractivity contribution in [2.45, 2.75) is 38.1 Å². The number of methoxy groups -OCH3 is 1. The zero-order valence-electron chi connectivity index (χ0n) is 12.6. The molecule has 0 aromatic heterocycles. The SMILES string of the molecule is COC(=O)C1(NC(=O)c2ccc(F)c(F)c2)CCC(C)CC1. The number of ether oxygens (including phenoxy) is 1. The molecule has 1 saturated carbocycles. The summed E-state index contributed by atoms with van der Waals surface area (Å²) in [5.74, 6) is -2.77. The quantitative estimate of drug-likeness (QED) is 0.873. The second-order valence-corrected chi connectivity index (χ2v) is 5.84. The standard InChI is InChI=1S/C16H19F2NO3/c1-10-5-7-16(8-6-10,15(21)22-2)19-14(20)11-3-4-12(17)13(18)9-11/h3-4,9-10H,5-8H2,1-2H3,(H,19,20). The molecule has 1 aromatic rings. The molecule has 0 spiro atoms. The van der Waals surface area contributed by atoms with Crippen LogP contribution in [0.1, 0.15) is 43.0 Å². The number of rotatable bonds is 3. The molecule has 0 unspecified atom stereocenters. The van der Waals surface area contributed by atoms with Crippen LogP contribution < -0.4 is 5.32 Å². The predicted octanol–water partition coefficient (Wildman–Crippen LogP) is 2.82. The fraction of sp³-hybridized carbons (Fsp3) is 0.500. The molecule has 1 aliphatic carbocycles. The van der Waals surface area contributed by atoms with Crippen molar-refractivity contribution in [2.24, 2.45) is 5.92 Å². The maximum absolute atomic E-state index is 13.2. The Morgan fingerprint density at radius 3 is 2.41 bits per heavy atom. The first-order valence-electron chi connectivity index (χ1n) is 7.24. The van der Waals surface area contributed by atoms with Crippen molar-refractivity contribution in [3.8, 4) is 0 Å². The Bertz CT molecular complexity index is 581. The van der Waals surface area contributed by atoms with Gasteiger partial charge in [0.1, 0.15) is 5.54 Å². The Morgan fingerprint density at radius 2 is 1.86 bits per heavy atom. The highest BCUT2D eigenvalue weighted by atomic mass is 19.2. The Kier molecular flexibility index (Phi) is 4.78. The number of hydrogen-bond acceptors (Lipinski definition) is 3. The molecule has 22 heavy (non-hydrogen) atoms. The summed E-state index contributed by atoms with van der Waals surface area (Å²) in [6.45, 7) is 2.08. The summed E-state index contributed by atoms with van der Waals surface area (Å²) < 4.78 is 31.0. The predicted molar refractivity (Wildman–Crippen MR) is 76.2 cm³/mol. The number of nitrogens with one attached hydrogen (secondary N) is 1. The van der Waals surface area contributed by atoms with E-state index in [1.165, 1.54) is 13.2 Å². The summed E-state index contributed by atoms with van der Waals surface area (Å²) in [6, 6.07) is 2.89. The first kappa shape index (κ1) is 16.4. The molecular weight excluding hydrogens is 292 g/mol. The minimum Gasteiger partial charge on any atom is -0.467 e. The van der Waals surface area contributed by atoms with Crippen molar-refractivity contribution in [3.05, 3.63) is 35.4 Å². The molecule has 0 heterocycles. The van der Waals surface area contributed by atoms with E-state index in [1.807, 2.05) is 0 Å².